The molecule has 0 N–H and O–H groups in total. The minimum atomic E-state index is -0.0824. The van der Waals surface area contributed by atoms with Crippen LogP contribution in [0.3, 0.4) is 0 Å². The first kappa shape index (κ1) is 28.3. The van der Waals surface area contributed by atoms with Crippen molar-refractivity contribution in [3.05, 3.63) is 169 Å². The van der Waals surface area contributed by atoms with E-state index in [0.717, 1.165) is 22.1 Å². The van der Waals surface area contributed by atoms with Crippen LogP contribution < -0.4 is 0 Å². The van der Waals surface area contributed by atoms with Crippen molar-refractivity contribution < 1.29 is 4.42 Å². The van der Waals surface area contributed by atoms with Crippen LogP contribution >= 0.6 is 0 Å². The maximum absolute atomic E-state index is 7.03. The molecular weight excluding hydrogens is 629 g/mol. The predicted molar refractivity (Wildman–Crippen MR) is 221 cm³/mol. The van der Waals surface area contributed by atoms with Crippen molar-refractivity contribution in [2.75, 3.05) is 0 Å². The summed E-state index contributed by atoms with van der Waals surface area (Å²) in [4.78, 5) is 0. The van der Waals surface area contributed by atoms with Crippen molar-refractivity contribution in [2.24, 2.45) is 0 Å². The van der Waals surface area contributed by atoms with Crippen LogP contribution in [0.25, 0.3) is 109 Å². The van der Waals surface area contributed by atoms with E-state index in [2.05, 4.69) is 172 Å². The summed E-state index contributed by atoms with van der Waals surface area (Å²) in [6.07, 6.45) is 0. The molecule has 0 atom stereocenters. The van der Waals surface area contributed by atoms with E-state index < -0.39 is 0 Å². The predicted octanol–water partition coefficient (Wildman–Crippen LogP) is 14.4. The normalized spacial score (nSPS) is 13.7. The lowest BCUT2D eigenvalue weighted by atomic mass is 9.81. The Morgan fingerprint density at radius 2 is 1.02 bits per heavy atom. The number of benzene rings is 10. The zero-order valence-electron chi connectivity index (χ0n) is 28.9. The fraction of sp³-hybridized carbons (Fsp3) is 0.0588. The SMILES string of the molecule is CC1(C)c2ccc(-c3ccc(-c4ccc5ccc6cccc7ccc4c5c67)c4c3oc3cc5ccccc5cc34)cc2-c2c1ccc1ccccc21. The van der Waals surface area contributed by atoms with Crippen molar-refractivity contribution in [3.8, 4) is 33.4 Å². The van der Waals surface area contributed by atoms with E-state index >= 15 is 0 Å². The Morgan fingerprint density at radius 1 is 0.385 bits per heavy atom. The molecule has 1 heteroatoms. The van der Waals surface area contributed by atoms with E-state index in [1.165, 1.54) is 98.2 Å². The van der Waals surface area contributed by atoms with Gasteiger partial charge in [-0.3, -0.25) is 0 Å². The first-order valence-electron chi connectivity index (χ1n) is 18.3. The molecule has 0 spiro atoms. The van der Waals surface area contributed by atoms with Crippen molar-refractivity contribution in [1.29, 1.82) is 0 Å². The van der Waals surface area contributed by atoms with Crippen LogP contribution in [0.4, 0.5) is 0 Å². The van der Waals surface area contributed by atoms with Gasteiger partial charge in [0.15, 0.2) is 0 Å². The molecule has 242 valence electrons. The second-order valence-electron chi connectivity index (χ2n) is 15.2. The first-order valence-corrected chi connectivity index (χ1v) is 18.3. The lowest BCUT2D eigenvalue weighted by Gasteiger charge is -2.21. The van der Waals surface area contributed by atoms with Crippen LogP contribution in [-0.2, 0) is 5.41 Å². The average Bonchev–Trinajstić information content (AvgIpc) is 3.67. The molecule has 52 heavy (non-hydrogen) atoms. The van der Waals surface area contributed by atoms with Gasteiger partial charge in [-0.1, -0.05) is 147 Å². The molecule has 0 radical (unpaired) electrons. The highest BCUT2D eigenvalue weighted by Crippen LogP contribution is 2.53. The van der Waals surface area contributed by atoms with Gasteiger partial charge in [0, 0.05) is 21.8 Å². The summed E-state index contributed by atoms with van der Waals surface area (Å²) in [7, 11) is 0. The maximum Gasteiger partial charge on any atom is 0.143 e. The Bertz CT molecular complexity index is 3300. The van der Waals surface area contributed by atoms with Crippen molar-refractivity contribution in [3.63, 3.8) is 0 Å². The molecule has 0 bridgehead atoms. The molecule has 0 saturated carbocycles. The highest BCUT2D eigenvalue weighted by atomic mass is 16.3. The van der Waals surface area contributed by atoms with E-state index in [9.17, 15) is 0 Å². The number of fused-ring (bicyclic) bond motifs is 9. The topological polar surface area (TPSA) is 13.1 Å². The van der Waals surface area contributed by atoms with Crippen LogP contribution in [0.1, 0.15) is 25.0 Å². The fourth-order valence-electron chi connectivity index (χ4n) is 9.68. The lowest BCUT2D eigenvalue weighted by Crippen LogP contribution is -2.14. The van der Waals surface area contributed by atoms with Crippen LogP contribution in [-0.4, -0.2) is 0 Å². The standard InChI is InChI=1S/C51H32O/c1-51(2)43-24-19-35(27-41(43)48-36-13-6-5-8-29(36)18-25-44(48)51)37-22-23-40(49-42-26-33-9-3-4-10-34(33)28-45(42)52-50(37)49)38-20-16-32-15-14-30-11-7-12-31-17-21-39(38)47(32)46(30)31/h3-28H,1-2H3. The summed E-state index contributed by atoms with van der Waals surface area (Å²) in [5.41, 5.74) is 11.9. The monoisotopic (exact) mass is 660 g/mol. The summed E-state index contributed by atoms with van der Waals surface area (Å²) in [6.45, 7) is 4.72. The number of furan rings is 1. The molecular formula is C51H32O. The van der Waals surface area contributed by atoms with Gasteiger partial charge in [0.05, 0.1) is 0 Å². The largest absolute Gasteiger partial charge is 0.455 e. The Balaban J connectivity index is 1.17. The van der Waals surface area contributed by atoms with E-state index in [-0.39, 0.29) is 5.41 Å². The second kappa shape index (κ2) is 9.87. The Hall–Kier alpha value is -6.44. The molecule has 0 amide bonds. The van der Waals surface area contributed by atoms with Crippen LogP contribution in [0.2, 0.25) is 0 Å². The molecule has 0 fully saturated rings. The Kier molecular flexibility index (Phi) is 5.37. The molecule has 1 aliphatic rings. The molecule has 11 aromatic rings. The van der Waals surface area contributed by atoms with E-state index in [1.807, 2.05) is 0 Å². The second-order valence-corrected chi connectivity index (χ2v) is 15.2. The van der Waals surface area contributed by atoms with Gasteiger partial charge in [-0.05, 0) is 117 Å². The number of rotatable bonds is 2. The lowest BCUT2D eigenvalue weighted by molar-refractivity contribution is 0.661. The van der Waals surface area contributed by atoms with Gasteiger partial charge in [-0.15, -0.1) is 0 Å². The van der Waals surface area contributed by atoms with Gasteiger partial charge in [-0.2, -0.15) is 0 Å². The first-order chi connectivity index (χ1) is 25.5. The van der Waals surface area contributed by atoms with Crippen molar-refractivity contribution >= 4 is 75.8 Å². The number of hydrogen-bond donors (Lipinski definition) is 0. The van der Waals surface area contributed by atoms with Gasteiger partial charge in [0.2, 0.25) is 0 Å². The summed E-state index contributed by atoms with van der Waals surface area (Å²) in [5.74, 6) is 0. The summed E-state index contributed by atoms with van der Waals surface area (Å²) in [6, 6.07) is 58.7. The highest BCUT2D eigenvalue weighted by molar-refractivity contribution is 6.28. The zero-order chi connectivity index (χ0) is 34.3. The highest BCUT2D eigenvalue weighted by Gasteiger charge is 2.36. The van der Waals surface area contributed by atoms with Gasteiger partial charge in [0.1, 0.15) is 11.2 Å². The average molecular weight is 661 g/mol. The molecule has 1 nitrogen and oxygen atoms in total. The molecule has 0 saturated heterocycles. The summed E-state index contributed by atoms with van der Waals surface area (Å²) >= 11 is 0. The quantitative estimate of drug-likeness (QED) is 0.168. The third-order valence-corrected chi connectivity index (χ3v) is 12.2. The summed E-state index contributed by atoms with van der Waals surface area (Å²) in [5, 5.41) is 15.1. The molecule has 1 heterocycles. The summed E-state index contributed by atoms with van der Waals surface area (Å²) < 4.78 is 7.03. The molecule has 1 aromatic heterocycles. The van der Waals surface area contributed by atoms with Gasteiger partial charge < -0.3 is 4.42 Å². The fourth-order valence-corrected chi connectivity index (χ4v) is 9.68. The van der Waals surface area contributed by atoms with Gasteiger partial charge >= 0.3 is 0 Å². The minimum Gasteiger partial charge on any atom is -0.455 e. The Morgan fingerprint density at radius 3 is 1.87 bits per heavy atom. The molecule has 12 rings (SSSR count). The van der Waals surface area contributed by atoms with Crippen LogP contribution in [0, 0.1) is 0 Å². The van der Waals surface area contributed by atoms with E-state index in [1.54, 1.807) is 0 Å². The molecule has 1 aliphatic carbocycles. The molecule has 0 aliphatic heterocycles. The van der Waals surface area contributed by atoms with Crippen LogP contribution in [0.5, 0.6) is 0 Å². The van der Waals surface area contributed by atoms with Gasteiger partial charge in [-0.25, -0.2) is 0 Å². The minimum absolute atomic E-state index is 0.0824. The van der Waals surface area contributed by atoms with E-state index in [4.69, 9.17) is 4.42 Å². The maximum atomic E-state index is 7.03. The third kappa shape index (κ3) is 3.62. The molecule has 0 unspecified atom stereocenters. The Labute approximate surface area is 300 Å². The molecule has 10 aromatic carbocycles. The van der Waals surface area contributed by atoms with Crippen molar-refractivity contribution in [2.45, 2.75) is 19.3 Å². The van der Waals surface area contributed by atoms with Crippen molar-refractivity contribution in [1.82, 2.24) is 0 Å². The van der Waals surface area contributed by atoms with Gasteiger partial charge in [0.25, 0.3) is 0 Å². The van der Waals surface area contributed by atoms with E-state index in [0.29, 0.717) is 0 Å². The third-order valence-electron chi connectivity index (χ3n) is 12.2. The van der Waals surface area contributed by atoms with Crippen LogP contribution in [0.15, 0.2) is 162 Å². The smallest absolute Gasteiger partial charge is 0.143 e. The number of hydrogen-bond acceptors (Lipinski definition) is 1. The zero-order valence-corrected chi connectivity index (χ0v) is 28.9.